The minimum absolute atomic E-state index is 0.305. The number of nitrogens with one attached hydrogen (secondary N) is 1. The molecule has 4 aromatic rings. The molecule has 4 rings (SSSR count). The third-order valence-corrected chi connectivity index (χ3v) is 3.43. The molecule has 0 atom stereocenters. The fraction of sp³-hybridized carbons (Fsp3) is 0.0667. The first-order valence-electron chi connectivity index (χ1n) is 6.88. The number of halogens is 1. The lowest BCUT2D eigenvalue weighted by Crippen LogP contribution is -1.99. The summed E-state index contributed by atoms with van der Waals surface area (Å²) in [6, 6.07) is 9.67. The largest absolute Gasteiger partial charge is 0.357 e. The molecule has 0 aliphatic carbocycles. The summed E-state index contributed by atoms with van der Waals surface area (Å²) in [6.07, 6.45) is 1.77. The first kappa shape index (κ1) is 13.4. The number of rotatable bonds is 3. The third kappa shape index (κ3) is 2.30. The number of H-pyrrole nitrogens is 1. The normalized spacial score (nSPS) is 11.0. The van der Waals surface area contributed by atoms with Crippen LogP contribution in [0.15, 0.2) is 47.1 Å². The summed E-state index contributed by atoms with van der Waals surface area (Å²) in [5.74, 6) is 0.418. The quantitative estimate of drug-likeness (QED) is 0.629. The van der Waals surface area contributed by atoms with Crippen molar-refractivity contribution in [2.45, 2.75) is 6.92 Å². The lowest BCUT2D eigenvalue weighted by Gasteiger charge is -2.02. The molecule has 0 unspecified atom stereocenters. The van der Waals surface area contributed by atoms with Gasteiger partial charge in [0.05, 0.1) is 11.4 Å². The third-order valence-electron chi connectivity index (χ3n) is 3.43. The van der Waals surface area contributed by atoms with Crippen LogP contribution in [-0.4, -0.2) is 30.1 Å². The first-order chi connectivity index (χ1) is 11.2. The van der Waals surface area contributed by atoms with Crippen LogP contribution in [0.1, 0.15) is 5.69 Å². The number of aromatic amines is 1. The monoisotopic (exact) mass is 310 g/mol. The molecule has 0 spiro atoms. The van der Waals surface area contributed by atoms with Crippen LogP contribution < -0.4 is 0 Å². The molecular formula is C15H11FN6O. The van der Waals surface area contributed by atoms with Gasteiger partial charge in [0.25, 0.3) is 5.89 Å². The summed E-state index contributed by atoms with van der Waals surface area (Å²) in [7, 11) is 0. The van der Waals surface area contributed by atoms with Crippen molar-refractivity contribution in [2.24, 2.45) is 0 Å². The van der Waals surface area contributed by atoms with Gasteiger partial charge in [-0.2, -0.15) is 4.98 Å². The summed E-state index contributed by atoms with van der Waals surface area (Å²) in [4.78, 5) is 7.32. The van der Waals surface area contributed by atoms with Crippen molar-refractivity contribution in [3.05, 3.63) is 54.1 Å². The van der Waals surface area contributed by atoms with Crippen LogP contribution >= 0.6 is 0 Å². The van der Waals surface area contributed by atoms with E-state index in [-0.39, 0.29) is 5.82 Å². The van der Waals surface area contributed by atoms with E-state index in [0.29, 0.717) is 23.1 Å². The highest BCUT2D eigenvalue weighted by molar-refractivity contribution is 5.56. The molecule has 0 saturated heterocycles. The maximum absolute atomic E-state index is 13.0. The number of hydrogen-bond donors (Lipinski definition) is 1. The molecule has 114 valence electrons. The fourth-order valence-corrected chi connectivity index (χ4v) is 2.26. The summed E-state index contributed by atoms with van der Waals surface area (Å²) in [5.41, 5.74) is 2.68. The minimum Gasteiger partial charge on any atom is -0.357 e. The Kier molecular flexibility index (Phi) is 3.00. The number of hydrogen-bond acceptors (Lipinski definition) is 5. The van der Waals surface area contributed by atoms with Crippen molar-refractivity contribution in [1.29, 1.82) is 0 Å². The maximum atomic E-state index is 13.0. The summed E-state index contributed by atoms with van der Waals surface area (Å²) < 4.78 is 19.9. The van der Waals surface area contributed by atoms with Gasteiger partial charge in [-0.05, 0) is 43.3 Å². The smallest absolute Gasteiger partial charge is 0.274 e. The van der Waals surface area contributed by atoms with Gasteiger partial charge in [-0.15, -0.1) is 5.10 Å². The molecule has 8 heteroatoms. The topological polar surface area (TPSA) is 85.4 Å². The van der Waals surface area contributed by atoms with Crippen molar-refractivity contribution in [3.8, 4) is 28.8 Å². The molecule has 0 bridgehead atoms. The lowest BCUT2D eigenvalue weighted by atomic mass is 10.3. The van der Waals surface area contributed by atoms with Gasteiger partial charge in [-0.25, -0.2) is 9.07 Å². The molecule has 23 heavy (non-hydrogen) atoms. The van der Waals surface area contributed by atoms with Crippen LogP contribution in [0, 0.1) is 12.7 Å². The van der Waals surface area contributed by atoms with E-state index in [1.54, 1.807) is 23.0 Å². The molecule has 7 nitrogen and oxygen atoms in total. The number of aromatic nitrogens is 6. The summed E-state index contributed by atoms with van der Waals surface area (Å²) >= 11 is 0. The molecule has 0 aliphatic rings. The van der Waals surface area contributed by atoms with Crippen LogP contribution in [0.25, 0.3) is 28.8 Å². The first-order valence-corrected chi connectivity index (χ1v) is 6.88. The van der Waals surface area contributed by atoms with Gasteiger partial charge in [0.2, 0.25) is 5.82 Å². The fourth-order valence-electron chi connectivity index (χ4n) is 2.26. The Bertz CT molecular complexity index is 939. The van der Waals surface area contributed by atoms with Gasteiger partial charge in [-0.3, -0.25) is 0 Å². The molecule has 3 aromatic heterocycles. The predicted molar refractivity (Wildman–Crippen MR) is 79.1 cm³/mol. The second-order valence-electron chi connectivity index (χ2n) is 4.92. The van der Waals surface area contributed by atoms with Crippen molar-refractivity contribution in [2.75, 3.05) is 0 Å². The predicted octanol–water partition coefficient (Wildman–Crippen LogP) is 2.76. The van der Waals surface area contributed by atoms with Crippen LogP contribution in [0.5, 0.6) is 0 Å². The van der Waals surface area contributed by atoms with E-state index in [4.69, 9.17) is 4.52 Å². The van der Waals surface area contributed by atoms with Crippen molar-refractivity contribution in [1.82, 2.24) is 30.1 Å². The Balaban J connectivity index is 1.72. The molecule has 0 fully saturated rings. The molecule has 0 amide bonds. The van der Waals surface area contributed by atoms with Gasteiger partial charge in [0.15, 0.2) is 5.69 Å². The van der Waals surface area contributed by atoms with E-state index in [0.717, 1.165) is 11.4 Å². The van der Waals surface area contributed by atoms with E-state index in [2.05, 4.69) is 25.4 Å². The molecule has 0 saturated carbocycles. The Morgan fingerprint density at radius 3 is 2.74 bits per heavy atom. The minimum atomic E-state index is -0.305. The zero-order valence-corrected chi connectivity index (χ0v) is 12.1. The van der Waals surface area contributed by atoms with Crippen LogP contribution in [0.3, 0.4) is 0 Å². The van der Waals surface area contributed by atoms with Crippen LogP contribution in [0.4, 0.5) is 4.39 Å². The SMILES string of the molecule is Cc1c(-c2noc(-c3ccc[nH]3)n2)nnn1-c1ccc(F)cc1. The molecule has 0 radical (unpaired) electrons. The van der Waals surface area contributed by atoms with Crippen LogP contribution in [-0.2, 0) is 0 Å². The van der Waals surface area contributed by atoms with Gasteiger partial charge in [0, 0.05) is 6.20 Å². The number of benzene rings is 1. The van der Waals surface area contributed by atoms with Crippen molar-refractivity contribution < 1.29 is 8.91 Å². The second-order valence-corrected chi connectivity index (χ2v) is 4.92. The van der Waals surface area contributed by atoms with Gasteiger partial charge in [-0.1, -0.05) is 10.4 Å². The second kappa shape index (κ2) is 5.16. The van der Waals surface area contributed by atoms with E-state index in [9.17, 15) is 4.39 Å². The molecule has 1 aromatic carbocycles. The zero-order valence-electron chi connectivity index (χ0n) is 12.1. The molecule has 1 N–H and O–H groups in total. The van der Waals surface area contributed by atoms with Crippen molar-refractivity contribution >= 4 is 0 Å². The Hall–Kier alpha value is -3.29. The average Bonchev–Trinajstić information content (AvgIpc) is 3.27. The Morgan fingerprint density at radius 2 is 2.00 bits per heavy atom. The van der Waals surface area contributed by atoms with Crippen molar-refractivity contribution in [3.63, 3.8) is 0 Å². The zero-order chi connectivity index (χ0) is 15.8. The maximum Gasteiger partial charge on any atom is 0.274 e. The molecule has 3 heterocycles. The average molecular weight is 310 g/mol. The van der Waals surface area contributed by atoms with E-state index >= 15 is 0 Å². The highest BCUT2D eigenvalue weighted by Gasteiger charge is 2.18. The summed E-state index contributed by atoms with van der Waals surface area (Å²) in [6.45, 7) is 1.84. The highest BCUT2D eigenvalue weighted by atomic mass is 19.1. The van der Waals surface area contributed by atoms with E-state index < -0.39 is 0 Å². The van der Waals surface area contributed by atoms with Crippen LogP contribution in [0.2, 0.25) is 0 Å². The molecule has 0 aliphatic heterocycles. The Labute approximate surface area is 129 Å². The molecular weight excluding hydrogens is 299 g/mol. The Morgan fingerprint density at radius 1 is 1.17 bits per heavy atom. The van der Waals surface area contributed by atoms with E-state index in [1.807, 2.05) is 19.1 Å². The lowest BCUT2D eigenvalue weighted by molar-refractivity contribution is 0.431. The van der Waals surface area contributed by atoms with Gasteiger partial charge >= 0.3 is 0 Å². The summed E-state index contributed by atoms with van der Waals surface area (Å²) in [5, 5.41) is 12.1. The van der Waals surface area contributed by atoms with Gasteiger partial charge in [0.1, 0.15) is 11.5 Å². The number of nitrogens with zero attached hydrogens (tertiary/aromatic N) is 5. The highest BCUT2D eigenvalue weighted by Crippen LogP contribution is 2.23. The van der Waals surface area contributed by atoms with Gasteiger partial charge < -0.3 is 9.51 Å². The standard InChI is InChI=1S/C15H11FN6O/c1-9-13(14-18-15(23-20-14)12-3-2-8-17-12)19-21-22(9)11-6-4-10(16)5-7-11/h2-8,17H,1H3. The van der Waals surface area contributed by atoms with E-state index in [1.165, 1.54) is 12.1 Å².